The molecule has 2 heterocycles. The van der Waals surface area contributed by atoms with E-state index in [0.717, 1.165) is 11.1 Å². The molecule has 196 valence electrons. The van der Waals surface area contributed by atoms with Crippen molar-refractivity contribution in [3.05, 3.63) is 107 Å². The van der Waals surface area contributed by atoms with Crippen molar-refractivity contribution in [1.82, 2.24) is 20.4 Å². The number of piperazine rings is 2. The number of nitrogens with zero attached hydrogens (tertiary/aromatic N) is 2. The van der Waals surface area contributed by atoms with Crippen LogP contribution < -0.4 is 10.6 Å². The van der Waals surface area contributed by atoms with Gasteiger partial charge in [-0.3, -0.25) is 19.3 Å². The lowest BCUT2D eigenvalue weighted by Crippen LogP contribution is -2.70. The fourth-order valence-electron chi connectivity index (χ4n) is 5.29. The van der Waals surface area contributed by atoms with Crippen molar-refractivity contribution in [3.63, 3.8) is 0 Å². The zero-order valence-corrected chi connectivity index (χ0v) is 21.1. The van der Waals surface area contributed by atoms with Crippen LogP contribution in [0.1, 0.15) is 22.7 Å². The summed E-state index contributed by atoms with van der Waals surface area (Å²) >= 11 is 0. The van der Waals surface area contributed by atoms with Crippen LogP contribution in [0.3, 0.4) is 0 Å². The highest BCUT2D eigenvalue weighted by atomic mass is 19.1. The standard InChI is InChI=1S/C30H31FN4O3/c31-24-13-11-23(12-14-24)27(29(37)32-16-15-21-7-3-1-4-8-21)34-17-18-35-26(20-34)28(36)33-25(30(35)38)19-22-9-5-2-6-10-22/h1-14,25-27H,15-20H2,(H,32,37)(H,33,36). The minimum absolute atomic E-state index is 0.108. The SMILES string of the molecule is O=C(NCCc1ccccc1)C(c1ccc(F)cc1)N1CCN2C(=O)C(Cc3ccccc3)NC(=O)C2C1. The van der Waals surface area contributed by atoms with Crippen molar-refractivity contribution in [3.8, 4) is 0 Å². The van der Waals surface area contributed by atoms with Crippen molar-refractivity contribution in [2.24, 2.45) is 0 Å². The molecule has 3 atom stereocenters. The lowest BCUT2D eigenvalue weighted by molar-refractivity contribution is -0.154. The van der Waals surface area contributed by atoms with E-state index in [2.05, 4.69) is 10.6 Å². The number of hydrogen-bond acceptors (Lipinski definition) is 4. The van der Waals surface area contributed by atoms with E-state index in [1.54, 1.807) is 17.0 Å². The van der Waals surface area contributed by atoms with Crippen molar-refractivity contribution in [2.75, 3.05) is 26.2 Å². The molecule has 2 N–H and O–H groups in total. The Balaban J connectivity index is 1.29. The maximum absolute atomic E-state index is 13.7. The van der Waals surface area contributed by atoms with Crippen LogP contribution in [0.15, 0.2) is 84.9 Å². The molecule has 0 bridgehead atoms. The topological polar surface area (TPSA) is 81.8 Å². The summed E-state index contributed by atoms with van der Waals surface area (Å²) in [6, 6.07) is 23.3. The number of amides is 3. The molecule has 0 radical (unpaired) electrons. The van der Waals surface area contributed by atoms with Crippen molar-refractivity contribution in [2.45, 2.75) is 31.0 Å². The van der Waals surface area contributed by atoms with Crippen LogP contribution in [0, 0.1) is 5.82 Å². The highest BCUT2D eigenvalue weighted by Crippen LogP contribution is 2.27. The molecule has 3 unspecified atom stereocenters. The maximum Gasteiger partial charge on any atom is 0.246 e. The molecule has 5 rings (SSSR count). The maximum atomic E-state index is 13.7. The van der Waals surface area contributed by atoms with Gasteiger partial charge in [-0.1, -0.05) is 72.8 Å². The molecule has 2 saturated heterocycles. The fourth-order valence-corrected chi connectivity index (χ4v) is 5.29. The normalized spacial score (nSPS) is 20.4. The highest BCUT2D eigenvalue weighted by molar-refractivity contribution is 5.97. The largest absolute Gasteiger partial charge is 0.354 e. The Bertz CT molecular complexity index is 1270. The van der Waals surface area contributed by atoms with Gasteiger partial charge in [0, 0.05) is 32.6 Å². The lowest BCUT2D eigenvalue weighted by atomic mass is 9.96. The zero-order chi connectivity index (χ0) is 26.5. The lowest BCUT2D eigenvalue weighted by Gasteiger charge is -2.47. The molecule has 38 heavy (non-hydrogen) atoms. The molecule has 3 aromatic rings. The predicted octanol–water partition coefficient (Wildman–Crippen LogP) is 2.48. The van der Waals surface area contributed by atoms with Crippen molar-refractivity contribution in [1.29, 1.82) is 0 Å². The van der Waals surface area contributed by atoms with Gasteiger partial charge in [0.1, 0.15) is 23.9 Å². The van der Waals surface area contributed by atoms with Crippen LogP contribution in [0.5, 0.6) is 0 Å². The molecule has 2 fully saturated rings. The number of fused-ring (bicyclic) bond motifs is 1. The number of benzene rings is 3. The fraction of sp³-hybridized carbons (Fsp3) is 0.300. The Labute approximate surface area is 221 Å². The quantitative estimate of drug-likeness (QED) is 0.484. The minimum atomic E-state index is -0.710. The third-order valence-corrected chi connectivity index (χ3v) is 7.25. The smallest absolute Gasteiger partial charge is 0.246 e. The van der Waals surface area contributed by atoms with Crippen LogP contribution >= 0.6 is 0 Å². The van der Waals surface area contributed by atoms with Gasteiger partial charge in [-0.15, -0.1) is 0 Å². The first kappa shape index (κ1) is 25.6. The molecule has 2 aliphatic heterocycles. The van der Waals surface area contributed by atoms with Gasteiger partial charge in [-0.2, -0.15) is 0 Å². The first-order valence-corrected chi connectivity index (χ1v) is 13.0. The summed E-state index contributed by atoms with van der Waals surface area (Å²) in [6.07, 6.45) is 1.11. The van der Waals surface area contributed by atoms with Gasteiger partial charge in [0.15, 0.2) is 0 Å². The summed E-state index contributed by atoms with van der Waals surface area (Å²) in [7, 11) is 0. The van der Waals surface area contributed by atoms with Gasteiger partial charge in [0.05, 0.1) is 0 Å². The molecule has 3 amide bonds. The second-order valence-corrected chi connectivity index (χ2v) is 9.77. The summed E-state index contributed by atoms with van der Waals surface area (Å²) < 4.78 is 13.7. The predicted molar refractivity (Wildman–Crippen MR) is 141 cm³/mol. The number of nitrogens with one attached hydrogen (secondary N) is 2. The Morgan fingerprint density at radius 3 is 2.26 bits per heavy atom. The molecule has 0 aromatic heterocycles. The number of carbonyl (C=O) groups is 3. The van der Waals surface area contributed by atoms with Crippen LogP contribution in [-0.4, -0.2) is 65.8 Å². The molecule has 8 heteroatoms. The molecule has 7 nitrogen and oxygen atoms in total. The average Bonchev–Trinajstić information content (AvgIpc) is 2.94. The van der Waals surface area contributed by atoms with Crippen LogP contribution in [0.25, 0.3) is 0 Å². The van der Waals surface area contributed by atoms with Crippen LogP contribution in [0.4, 0.5) is 4.39 Å². The van der Waals surface area contributed by atoms with E-state index in [9.17, 15) is 18.8 Å². The van der Waals surface area contributed by atoms with Crippen molar-refractivity contribution < 1.29 is 18.8 Å². The first-order chi connectivity index (χ1) is 18.5. The molecule has 0 aliphatic carbocycles. The third kappa shape index (κ3) is 5.75. The Morgan fingerprint density at radius 1 is 0.921 bits per heavy atom. The highest BCUT2D eigenvalue weighted by Gasteiger charge is 2.45. The van der Waals surface area contributed by atoms with Gasteiger partial charge >= 0.3 is 0 Å². The summed E-state index contributed by atoms with van der Waals surface area (Å²) in [5.41, 5.74) is 2.73. The van der Waals surface area contributed by atoms with Gasteiger partial charge in [0.25, 0.3) is 0 Å². The number of rotatable bonds is 8. The van der Waals surface area contributed by atoms with Crippen molar-refractivity contribution >= 4 is 17.7 Å². The summed E-state index contributed by atoms with van der Waals surface area (Å²) in [6.45, 7) is 1.41. The van der Waals surface area contributed by atoms with Gasteiger partial charge in [-0.05, 0) is 35.2 Å². The van der Waals surface area contributed by atoms with E-state index in [-0.39, 0.29) is 30.1 Å². The zero-order valence-electron chi connectivity index (χ0n) is 21.1. The minimum Gasteiger partial charge on any atom is -0.354 e. The molecular formula is C30H31FN4O3. The summed E-state index contributed by atoms with van der Waals surface area (Å²) in [5.74, 6) is -0.935. The second-order valence-electron chi connectivity index (χ2n) is 9.77. The first-order valence-electron chi connectivity index (χ1n) is 13.0. The summed E-state index contributed by atoms with van der Waals surface area (Å²) in [4.78, 5) is 43.4. The van der Waals surface area contributed by atoms with E-state index in [1.165, 1.54) is 12.1 Å². The summed E-state index contributed by atoms with van der Waals surface area (Å²) in [5, 5.41) is 5.91. The van der Waals surface area contributed by atoms with E-state index in [4.69, 9.17) is 0 Å². The average molecular weight is 515 g/mol. The van der Waals surface area contributed by atoms with E-state index in [0.29, 0.717) is 38.0 Å². The molecule has 2 aliphatic rings. The molecular weight excluding hydrogens is 483 g/mol. The van der Waals surface area contributed by atoms with Gasteiger partial charge < -0.3 is 15.5 Å². The second kappa shape index (κ2) is 11.6. The van der Waals surface area contributed by atoms with E-state index in [1.807, 2.05) is 65.6 Å². The van der Waals surface area contributed by atoms with Crippen LogP contribution in [-0.2, 0) is 27.2 Å². The monoisotopic (exact) mass is 514 g/mol. The van der Waals surface area contributed by atoms with Crippen LogP contribution in [0.2, 0.25) is 0 Å². The number of halogens is 1. The molecule has 0 saturated carbocycles. The Hall–Kier alpha value is -4.04. The molecule has 3 aromatic carbocycles. The van der Waals surface area contributed by atoms with Gasteiger partial charge in [-0.25, -0.2) is 4.39 Å². The number of hydrogen-bond donors (Lipinski definition) is 2. The van der Waals surface area contributed by atoms with Gasteiger partial charge in [0.2, 0.25) is 17.7 Å². The Morgan fingerprint density at radius 2 is 1.58 bits per heavy atom. The third-order valence-electron chi connectivity index (χ3n) is 7.25. The molecule has 0 spiro atoms. The van der Waals surface area contributed by atoms with E-state index >= 15 is 0 Å². The van der Waals surface area contributed by atoms with E-state index < -0.39 is 18.1 Å². The number of carbonyl (C=O) groups excluding carboxylic acids is 3. The Kier molecular flexibility index (Phi) is 7.79.